The zero-order valence-corrected chi connectivity index (χ0v) is 19.1. The third-order valence-corrected chi connectivity index (χ3v) is 5.93. The van der Waals surface area contributed by atoms with E-state index in [1.54, 1.807) is 0 Å². The second-order valence-corrected chi connectivity index (χ2v) is 9.02. The second kappa shape index (κ2) is 12.4. The van der Waals surface area contributed by atoms with Crippen molar-refractivity contribution in [3.8, 4) is 0 Å². The molecule has 1 fully saturated rings. The van der Waals surface area contributed by atoms with Crippen LogP contribution in [0.4, 0.5) is 5.69 Å². The summed E-state index contributed by atoms with van der Waals surface area (Å²) in [5.74, 6) is 0.717. The van der Waals surface area contributed by atoms with Crippen molar-refractivity contribution < 1.29 is 9.53 Å². The van der Waals surface area contributed by atoms with Crippen molar-refractivity contribution in [3.05, 3.63) is 60.2 Å². The maximum atomic E-state index is 12.3. The van der Waals surface area contributed by atoms with Crippen molar-refractivity contribution in [2.75, 3.05) is 25.0 Å². The van der Waals surface area contributed by atoms with Crippen LogP contribution in [0.1, 0.15) is 32.3 Å². The number of benzene rings is 2. The lowest BCUT2D eigenvalue weighted by molar-refractivity contribution is -0.124. The lowest BCUT2D eigenvalue weighted by Crippen LogP contribution is -2.40. The third kappa shape index (κ3) is 7.92. The molecule has 0 aromatic heterocycles. The first-order valence-corrected chi connectivity index (χ1v) is 11.8. The van der Waals surface area contributed by atoms with E-state index in [9.17, 15) is 4.79 Å². The number of ether oxygens (including phenoxy) is 1. The van der Waals surface area contributed by atoms with Gasteiger partial charge >= 0.3 is 0 Å². The van der Waals surface area contributed by atoms with E-state index < -0.39 is 0 Å². The summed E-state index contributed by atoms with van der Waals surface area (Å²) in [6.07, 6.45) is 1.39. The number of rotatable bonds is 9. The summed E-state index contributed by atoms with van der Waals surface area (Å²) in [5, 5.41) is 10.1. The number of hydrogen-bond acceptors (Lipinski definition) is 4. The summed E-state index contributed by atoms with van der Waals surface area (Å²) in [6, 6.07) is 18.2. The topological polar surface area (TPSA) is 74.8 Å². The Labute approximate surface area is 189 Å². The molecule has 0 bridgehead atoms. The van der Waals surface area contributed by atoms with Gasteiger partial charge in [-0.3, -0.25) is 4.79 Å². The maximum absolute atomic E-state index is 12.3. The normalized spacial score (nSPS) is 17.2. The van der Waals surface area contributed by atoms with E-state index in [4.69, 9.17) is 9.73 Å². The van der Waals surface area contributed by atoms with Crippen LogP contribution in [0.2, 0.25) is 0 Å². The number of nitrogens with one attached hydrogen (secondary N) is 3. The van der Waals surface area contributed by atoms with Gasteiger partial charge in [-0.2, -0.15) is 0 Å². The Morgan fingerprint density at radius 2 is 2.03 bits per heavy atom. The molecular weight excluding hydrogens is 408 g/mol. The molecule has 2 aromatic carbocycles. The Hall–Kier alpha value is -2.51. The van der Waals surface area contributed by atoms with Gasteiger partial charge in [0, 0.05) is 35.5 Å². The predicted octanol–water partition coefficient (Wildman–Crippen LogP) is 4.04. The van der Waals surface area contributed by atoms with Crippen LogP contribution in [0.15, 0.2) is 64.5 Å². The highest BCUT2D eigenvalue weighted by molar-refractivity contribution is 8.00. The van der Waals surface area contributed by atoms with E-state index in [1.165, 1.54) is 4.90 Å². The van der Waals surface area contributed by atoms with Gasteiger partial charge in [0.15, 0.2) is 5.96 Å². The molecule has 1 saturated heterocycles. The first kappa shape index (κ1) is 23.2. The molecule has 7 heteroatoms. The molecule has 2 aromatic rings. The Morgan fingerprint density at radius 3 is 2.77 bits per heavy atom. The number of carbonyl (C=O) groups is 1. The van der Waals surface area contributed by atoms with Gasteiger partial charge < -0.3 is 20.7 Å². The van der Waals surface area contributed by atoms with Crippen molar-refractivity contribution in [2.45, 2.75) is 49.5 Å². The maximum Gasteiger partial charge on any atom is 0.253 e. The average Bonchev–Trinajstić information content (AvgIpc) is 3.32. The number of hydrogen-bond donors (Lipinski definition) is 3. The van der Waals surface area contributed by atoms with E-state index in [0.29, 0.717) is 18.4 Å². The number of nitrogens with zero attached hydrogens (tertiary/aromatic N) is 1. The number of amides is 1. The highest BCUT2D eigenvalue weighted by Gasteiger charge is 2.23. The van der Waals surface area contributed by atoms with Crippen LogP contribution < -0.4 is 16.0 Å². The van der Waals surface area contributed by atoms with E-state index >= 15 is 0 Å². The SMILES string of the molecule is CCNC(=NCc1cccc(NC(=O)C2CCCO2)c1)NCC(C)Sc1ccccc1. The summed E-state index contributed by atoms with van der Waals surface area (Å²) < 4.78 is 5.45. The number of guanidine groups is 1. The molecule has 0 spiro atoms. The van der Waals surface area contributed by atoms with Crippen LogP contribution in [0.5, 0.6) is 0 Å². The summed E-state index contributed by atoms with van der Waals surface area (Å²) in [5.41, 5.74) is 1.81. The summed E-state index contributed by atoms with van der Waals surface area (Å²) in [7, 11) is 0. The molecule has 2 atom stereocenters. The minimum absolute atomic E-state index is 0.0712. The molecule has 0 saturated carbocycles. The lowest BCUT2D eigenvalue weighted by Gasteiger charge is -2.16. The molecule has 2 unspecified atom stereocenters. The van der Waals surface area contributed by atoms with Crippen LogP contribution in [0.3, 0.4) is 0 Å². The van der Waals surface area contributed by atoms with Crippen molar-refractivity contribution >= 4 is 29.3 Å². The molecule has 6 nitrogen and oxygen atoms in total. The smallest absolute Gasteiger partial charge is 0.253 e. The van der Waals surface area contributed by atoms with Crippen molar-refractivity contribution in [2.24, 2.45) is 4.99 Å². The van der Waals surface area contributed by atoms with E-state index in [1.807, 2.05) is 42.1 Å². The highest BCUT2D eigenvalue weighted by atomic mass is 32.2. The van der Waals surface area contributed by atoms with Gasteiger partial charge in [-0.25, -0.2) is 4.99 Å². The van der Waals surface area contributed by atoms with E-state index in [0.717, 1.165) is 43.1 Å². The Bertz CT molecular complexity index is 854. The lowest BCUT2D eigenvalue weighted by atomic mass is 10.2. The fraction of sp³-hybridized carbons (Fsp3) is 0.417. The van der Waals surface area contributed by atoms with Gasteiger partial charge in [0.1, 0.15) is 6.10 Å². The van der Waals surface area contributed by atoms with Crippen LogP contribution in [-0.2, 0) is 16.1 Å². The zero-order chi connectivity index (χ0) is 21.9. The largest absolute Gasteiger partial charge is 0.368 e. The van der Waals surface area contributed by atoms with Crippen molar-refractivity contribution in [3.63, 3.8) is 0 Å². The van der Waals surface area contributed by atoms with Gasteiger partial charge in [0.05, 0.1) is 6.54 Å². The van der Waals surface area contributed by atoms with Gasteiger partial charge in [-0.1, -0.05) is 37.3 Å². The molecule has 1 aliphatic rings. The summed E-state index contributed by atoms with van der Waals surface area (Å²) >= 11 is 1.84. The predicted molar refractivity (Wildman–Crippen MR) is 129 cm³/mol. The molecule has 166 valence electrons. The Kier molecular flexibility index (Phi) is 9.24. The molecule has 1 amide bonds. The standard InChI is InChI=1S/C24H32N4O2S/c1-3-25-24(26-16-18(2)31-21-11-5-4-6-12-21)27-17-19-9-7-10-20(15-19)28-23(29)22-13-8-14-30-22/h4-7,9-12,15,18,22H,3,8,13-14,16-17H2,1-2H3,(H,28,29)(H2,25,26,27). The van der Waals surface area contributed by atoms with Crippen molar-refractivity contribution in [1.82, 2.24) is 10.6 Å². The molecule has 1 aliphatic heterocycles. The first-order chi connectivity index (χ1) is 15.1. The second-order valence-electron chi connectivity index (χ2n) is 7.51. The molecule has 1 heterocycles. The molecule has 31 heavy (non-hydrogen) atoms. The van der Waals surface area contributed by atoms with Gasteiger partial charge in [-0.05, 0) is 49.6 Å². The summed E-state index contributed by atoms with van der Waals surface area (Å²) in [4.78, 5) is 18.2. The van der Waals surface area contributed by atoms with Crippen molar-refractivity contribution in [1.29, 1.82) is 0 Å². The molecular formula is C24H32N4O2S. The summed E-state index contributed by atoms with van der Waals surface area (Å²) in [6.45, 7) is 7.05. The minimum atomic E-state index is -0.332. The monoisotopic (exact) mass is 440 g/mol. The number of carbonyl (C=O) groups excluding carboxylic acids is 1. The van der Waals surface area contributed by atoms with Crippen LogP contribution >= 0.6 is 11.8 Å². The van der Waals surface area contributed by atoms with Crippen LogP contribution in [0, 0.1) is 0 Å². The molecule has 3 N–H and O–H groups in total. The number of aliphatic imine (C=N–C) groups is 1. The molecule has 3 rings (SSSR count). The number of anilines is 1. The van der Waals surface area contributed by atoms with Crippen LogP contribution in [-0.4, -0.2) is 42.9 Å². The van der Waals surface area contributed by atoms with Crippen LogP contribution in [0.25, 0.3) is 0 Å². The van der Waals surface area contributed by atoms with Gasteiger partial charge in [-0.15, -0.1) is 11.8 Å². The minimum Gasteiger partial charge on any atom is -0.368 e. The molecule has 0 aliphatic carbocycles. The Morgan fingerprint density at radius 1 is 1.19 bits per heavy atom. The molecule has 0 radical (unpaired) electrons. The van der Waals surface area contributed by atoms with Gasteiger partial charge in [0.2, 0.25) is 0 Å². The highest BCUT2D eigenvalue weighted by Crippen LogP contribution is 2.22. The van der Waals surface area contributed by atoms with Gasteiger partial charge in [0.25, 0.3) is 5.91 Å². The zero-order valence-electron chi connectivity index (χ0n) is 18.3. The first-order valence-electron chi connectivity index (χ1n) is 10.9. The van der Waals surface area contributed by atoms with E-state index in [2.05, 4.69) is 54.1 Å². The Balaban J connectivity index is 1.52. The number of thioether (sulfide) groups is 1. The fourth-order valence-electron chi connectivity index (χ4n) is 3.28. The fourth-order valence-corrected chi connectivity index (χ4v) is 4.23. The van der Waals surface area contributed by atoms with E-state index in [-0.39, 0.29) is 12.0 Å². The quantitative estimate of drug-likeness (QED) is 0.312. The third-order valence-electron chi connectivity index (χ3n) is 4.82. The average molecular weight is 441 g/mol.